The van der Waals surface area contributed by atoms with E-state index in [9.17, 15) is 0 Å². The van der Waals surface area contributed by atoms with Gasteiger partial charge in [-0.05, 0) is 38.4 Å². The van der Waals surface area contributed by atoms with Gasteiger partial charge in [0.05, 0.1) is 0 Å². The largest absolute Gasteiger partial charge is 0.335 e. The minimum absolute atomic E-state index is 0.639. The molecule has 0 aromatic heterocycles. The van der Waals surface area contributed by atoms with Crippen molar-refractivity contribution in [2.45, 2.75) is 0 Å². The van der Waals surface area contributed by atoms with Gasteiger partial charge in [-0.2, -0.15) is 0 Å². The second-order valence-corrected chi connectivity index (χ2v) is 5.99. The predicted octanol–water partition coefficient (Wildman–Crippen LogP) is 4.00. The minimum Gasteiger partial charge on any atom is -0.335 e. The van der Waals surface area contributed by atoms with Gasteiger partial charge >= 0.3 is 0 Å². The summed E-state index contributed by atoms with van der Waals surface area (Å²) in [7, 11) is 3.50. The fraction of sp³-hybridized carbons (Fsp3) is 0.143. The molecule has 0 radical (unpaired) electrons. The van der Waals surface area contributed by atoms with Crippen molar-refractivity contribution in [3.63, 3.8) is 0 Å². The Labute approximate surface area is 110 Å². The van der Waals surface area contributed by atoms with Crippen molar-refractivity contribution >= 4 is 19.7 Å². The highest BCUT2D eigenvalue weighted by molar-refractivity contribution is 7.58. The van der Waals surface area contributed by atoms with Crippen molar-refractivity contribution in [2.24, 2.45) is 0 Å². The van der Waals surface area contributed by atoms with Crippen LogP contribution in [-0.2, 0) is 0 Å². The van der Waals surface area contributed by atoms with Gasteiger partial charge in [0, 0.05) is 11.4 Å². The third-order valence-electron chi connectivity index (χ3n) is 2.42. The number of hydrogen-bond donors (Lipinski definition) is 2. The molecule has 0 aliphatic carbocycles. The third-order valence-corrected chi connectivity index (χ3v) is 4.16. The number of para-hydroxylation sites is 2. The average molecular weight is 259 g/mol. The Morgan fingerprint density at radius 3 is 1.44 bits per heavy atom. The van der Waals surface area contributed by atoms with E-state index in [1.807, 2.05) is 36.4 Å². The van der Waals surface area contributed by atoms with Crippen molar-refractivity contribution in [3.05, 3.63) is 60.7 Å². The maximum Gasteiger partial charge on any atom is 0.172 e. The van der Waals surface area contributed by atoms with Crippen molar-refractivity contribution in [1.82, 2.24) is 4.67 Å². The second-order valence-electron chi connectivity index (χ2n) is 4.11. The summed E-state index contributed by atoms with van der Waals surface area (Å²) in [5, 5.41) is 7.01. The van der Waals surface area contributed by atoms with E-state index in [1.165, 1.54) is 0 Å². The van der Waals surface area contributed by atoms with Gasteiger partial charge in [-0.3, -0.25) is 4.67 Å². The van der Waals surface area contributed by atoms with E-state index < -0.39 is 8.37 Å². The standard InChI is InChI=1S/C14H18N3P/c1-17(2)18(15-13-9-5-3-6-10-13)16-14-11-7-4-8-12-14/h3-12,15-16H,1-2H3. The third kappa shape index (κ3) is 3.73. The molecule has 0 unspecified atom stereocenters. The molecule has 0 spiro atoms. The van der Waals surface area contributed by atoms with Crippen LogP contribution in [0.15, 0.2) is 60.7 Å². The highest BCUT2D eigenvalue weighted by Crippen LogP contribution is 2.38. The normalized spacial score (nSPS) is 10.7. The van der Waals surface area contributed by atoms with Gasteiger partial charge < -0.3 is 10.2 Å². The lowest BCUT2D eigenvalue weighted by Gasteiger charge is -2.26. The molecule has 0 aliphatic rings. The highest BCUT2D eigenvalue weighted by Gasteiger charge is 2.11. The Morgan fingerprint density at radius 2 is 1.11 bits per heavy atom. The molecule has 2 aromatic rings. The van der Waals surface area contributed by atoms with E-state index in [0.717, 1.165) is 11.4 Å². The van der Waals surface area contributed by atoms with Crippen LogP contribution < -0.4 is 10.2 Å². The zero-order valence-corrected chi connectivity index (χ0v) is 11.6. The lowest BCUT2D eigenvalue weighted by Crippen LogP contribution is -2.16. The van der Waals surface area contributed by atoms with Gasteiger partial charge in [-0.25, -0.2) is 0 Å². The van der Waals surface area contributed by atoms with Gasteiger partial charge in [0.25, 0.3) is 0 Å². The molecule has 0 heterocycles. The summed E-state index contributed by atoms with van der Waals surface area (Å²) in [5.74, 6) is 0. The van der Waals surface area contributed by atoms with E-state index in [4.69, 9.17) is 0 Å². The summed E-state index contributed by atoms with van der Waals surface area (Å²) in [6.07, 6.45) is 0. The van der Waals surface area contributed by atoms with Crippen LogP contribution >= 0.6 is 8.37 Å². The van der Waals surface area contributed by atoms with Crippen LogP contribution in [0.5, 0.6) is 0 Å². The van der Waals surface area contributed by atoms with E-state index in [-0.39, 0.29) is 0 Å². The summed E-state index contributed by atoms with van der Waals surface area (Å²) in [6.45, 7) is 0. The molecular weight excluding hydrogens is 241 g/mol. The van der Waals surface area contributed by atoms with Gasteiger partial charge in [0.15, 0.2) is 8.37 Å². The van der Waals surface area contributed by atoms with E-state index in [2.05, 4.69) is 53.2 Å². The van der Waals surface area contributed by atoms with E-state index in [0.29, 0.717) is 0 Å². The van der Waals surface area contributed by atoms with E-state index in [1.54, 1.807) is 0 Å². The Kier molecular flexibility index (Phi) is 4.57. The summed E-state index contributed by atoms with van der Waals surface area (Å²) in [5.41, 5.74) is 2.25. The average Bonchev–Trinajstić information content (AvgIpc) is 2.40. The molecule has 94 valence electrons. The molecule has 0 saturated heterocycles. The van der Waals surface area contributed by atoms with Crippen LogP contribution in [0.1, 0.15) is 0 Å². The molecule has 0 bridgehead atoms. The summed E-state index contributed by atoms with van der Waals surface area (Å²) < 4.78 is 2.16. The SMILES string of the molecule is CN(C)P(Nc1ccccc1)Nc1ccccc1. The predicted molar refractivity (Wildman–Crippen MR) is 80.7 cm³/mol. The number of rotatable bonds is 5. The van der Waals surface area contributed by atoms with Crippen LogP contribution in [0.4, 0.5) is 11.4 Å². The topological polar surface area (TPSA) is 27.3 Å². The van der Waals surface area contributed by atoms with Gasteiger partial charge in [-0.1, -0.05) is 36.4 Å². The van der Waals surface area contributed by atoms with Crippen LogP contribution in [0, 0.1) is 0 Å². The Bertz CT molecular complexity index is 417. The molecule has 2 rings (SSSR count). The zero-order chi connectivity index (χ0) is 12.8. The lowest BCUT2D eigenvalue weighted by molar-refractivity contribution is 0.682. The zero-order valence-electron chi connectivity index (χ0n) is 10.7. The fourth-order valence-electron chi connectivity index (χ4n) is 1.50. The molecule has 0 atom stereocenters. The smallest absolute Gasteiger partial charge is 0.172 e. The van der Waals surface area contributed by atoms with Crippen LogP contribution in [0.25, 0.3) is 0 Å². The molecule has 18 heavy (non-hydrogen) atoms. The van der Waals surface area contributed by atoms with E-state index >= 15 is 0 Å². The summed E-state index contributed by atoms with van der Waals surface area (Å²) in [4.78, 5) is 0. The maximum atomic E-state index is 3.51. The first-order valence-electron chi connectivity index (χ1n) is 5.86. The van der Waals surface area contributed by atoms with Gasteiger partial charge in [0.1, 0.15) is 0 Å². The molecule has 3 nitrogen and oxygen atoms in total. The molecule has 2 N–H and O–H groups in total. The Hall–Kier alpha value is -1.57. The molecule has 0 saturated carbocycles. The van der Waals surface area contributed by atoms with Crippen LogP contribution in [0.3, 0.4) is 0 Å². The van der Waals surface area contributed by atoms with Crippen molar-refractivity contribution in [2.75, 3.05) is 24.3 Å². The molecule has 4 heteroatoms. The first kappa shape index (κ1) is 12.9. The molecule has 2 aromatic carbocycles. The number of nitrogens with one attached hydrogen (secondary N) is 2. The highest BCUT2D eigenvalue weighted by atomic mass is 31.1. The summed E-state index contributed by atoms with van der Waals surface area (Å²) >= 11 is 0. The second kappa shape index (κ2) is 6.39. The van der Waals surface area contributed by atoms with Crippen molar-refractivity contribution in [1.29, 1.82) is 0 Å². The molecule has 0 amide bonds. The number of anilines is 2. The lowest BCUT2D eigenvalue weighted by atomic mass is 10.3. The van der Waals surface area contributed by atoms with Crippen molar-refractivity contribution in [3.8, 4) is 0 Å². The Morgan fingerprint density at radius 1 is 0.722 bits per heavy atom. The fourth-order valence-corrected chi connectivity index (χ4v) is 2.74. The summed E-state index contributed by atoms with van der Waals surface area (Å²) in [6, 6.07) is 20.5. The molecule has 0 fully saturated rings. The minimum atomic E-state index is -0.639. The van der Waals surface area contributed by atoms with Crippen LogP contribution in [0.2, 0.25) is 0 Å². The first-order chi connectivity index (χ1) is 8.75. The van der Waals surface area contributed by atoms with Gasteiger partial charge in [0.2, 0.25) is 0 Å². The number of nitrogens with zero attached hydrogens (tertiary/aromatic N) is 1. The van der Waals surface area contributed by atoms with Crippen LogP contribution in [-0.4, -0.2) is 18.8 Å². The quantitative estimate of drug-likeness (QED) is 0.795. The maximum absolute atomic E-state index is 3.51. The Balaban J connectivity index is 2.05. The molecule has 0 aliphatic heterocycles. The number of hydrogen-bond acceptors (Lipinski definition) is 3. The number of benzene rings is 2. The van der Waals surface area contributed by atoms with Gasteiger partial charge in [-0.15, -0.1) is 0 Å². The molecular formula is C14H18N3P. The van der Waals surface area contributed by atoms with Crippen molar-refractivity contribution < 1.29 is 0 Å². The first-order valence-corrected chi connectivity index (χ1v) is 7.16. The monoisotopic (exact) mass is 259 g/mol.